The Morgan fingerprint density at radius 1 is 1.12 bits per heavy atom. The molecule has 0 unspecified atom stereocenters. The number of ketones is 1. The molecule has 0 saturated heterocycles. The lowest BCUT2D eigenvalue weighted by molar-refractivity contribution is 0.101. The van der Waals surface area contributed by atoms with Gasteiger partial charge in [0.05, 0.1) is 11.9 Å². The normalized spacial score (nSPS) is 11.1. The van der Waals surface area contributed by atoms with Crippen LogP contribution in [0.3, 0.4) is 0 Å². The molecule has 0 fully saturated rings. The van der Waals surface area contributed by atoms with E-state index < -0.39 is 0 Å². The summed E-state index contributed by atoms with van der Waals surface area (Å²) in [6, 6.07) is 14.5. The Hall–Kier alpha value is -3.21. The summed E-state index contributed by atoms with van der Waals surface area (Å²) < 4.78 is 5.29. The summed E-state index contributed by atoms with van der Waals surface area (Å²) in [5, 5.41) is 9.88. The Kier molecular flexibility index (Phi) is 4.24. The molecule has 1 N–H and O–H groups in total. The molecule has 0 radical (unpaired) electrons. The maximum atomic E-state index is 11.2. The first kappa shape index (κ1) is 15.7. The smallest absolute Gasteiger partial charge is 0.312 e. The van der Waals surface area contributed by atoms with E-state index in [0.29, 0.717) is 17.1 Å². The Morgan fingerprint density at radius 3 is 2.42 bits per heavy atom. The highest BCUT2D eigenvalue weighted by Crippen LogP contribution is 2.26. The van der Waals surface area contributed by atoms with Gasteiger partial charge in [0.2, 0.25) is 5.89 Å². The largest absolute Gasteiger partial charge is 0.479 e. The molecule has 1 aromatic heterocycles. The van der Waals surface area contributed by atoms with Crippen molar-refractivity contribution in [2.75, 3.05) is 0 Å². The number of aromatic nitrogens is 1. The number of carbonyl (C=O) groups excluding carboxylic acids is 1. The number of carbonyl (C=O) groups is 1. The molecule has 0 amide bonds. The molecule has 0 atom stereocenters. The Labute approximate surface area is 139 Å². The van der Waals surface area contributed by atoms with E-state index in [4.69, 9.17) is 4.42 Å². The fourth-order valence-electron chi connectivity index (χ4n) is 2.15. The molecule has 0 saturated carbocycles. The van der Waals surface area contributed by atoms with E-state index in [-0.39, 0.29) is 17.4 Å². The summed E-state index contributed by atoms with van der Waals surface area (Å²) in [5.41, 5.74) is 3.44. The third-order valence-electron chi connectivity index (χ3n) is 3.54. The van der Waals surface area contributed by atoms with Crippen molar-refractivity contribution in [3.05, 3.63) is 65.4 Å². The molecule has 3 aromatic rings. The van der Waals surface area contributed by atoms with Crippen molar-refractivity contribution < 1.29 is 14.3 Å². The number of aliphatic imine (C=N–C) groups is 1. The van der Waals surface area contributed by atoms with Crippen LogP contribution in [0.5, 0.6) is 5.95 Å². The van der Waals surface area contributed by atoms with Gasteiger partial charge >= 0.3 is 5.95 Å². The number of aryl methyl sites for hydroxylation is 1. The van der Waals surface area contributed by atoms with Gasteiger partial charge in [0.15, 0.2) is 11.5 Å². The van der Waals surface area contributed by atoms with Crippen LogP contribution >= 0.6 is 0 Å². The lowest BCUT2D eigenvalue weighted by atomic mass is 10.1. The van der Waals surface area contributed by atoms with Crippen molar-refractivity contribution in [1.82, 2.24) is 4.98 Å². The molecule has 2 aromatic carbocycles. The minimum atomic E-state index is -0.283. The lowest BCUT2D eigenvalue weighted by Crippen LogP contribution is -1.89. The van der Waals surface area contributed by atoms with E-state index in [1.807, 2.05) is 31.2 Å². The first-order chi connectivity index (χ1) is 11.5. The predicted octanol–water partition coefficient (Wildman–Crippen LogP) is 4.31. The van der Waals surface area contributed by atoms with Gasteiger partial charge in [-0.25, -0.2) is 4.98 Å². The molecule has 24 heavy (non-hydrogen) atoms. The molecule has 5 nitrogen and oxygen atoms in total. The quantitative estimate of drug-likeness (QED) is 0.574. The first-order valence-electron chi connectivity index (χ1n) is 7.45. The molecule has 0 bridgehead atoms. The zero-order chi connectivity index (χ0) is 17.1. The minimum Gasteiger partial charge on any atom is -0.479 e. The van der Waals surface area contributed by atoms with Crippen LogP contribution in [0.4, 0.5) is 5.69 Å². The monoisotopic (exact) mass is 320 g/mol. The van der Waals surface area contributed by atoms with Crippen molar-refractivity contribution in [3.8, 4) is 17.4 Å². The lowest BCUT2D eigenvalue weighted by Gasteiger charge is -1.96. The van der Waals surface area contributed by atoms with Crippen molar-refractivity contribution in [3.63, 3.8) is 0 Å². The van der Waals surface area contributed by atoms with E-state index in [0.717, 1.165) is 11.1 Å². The highest BCUT2D eigenvalue weighted by atomic mass is 16.5. The number of hydrogen-bond donors (Lipinski definition) is 1. The zero-order valence-corrected chi connectivity index (χ0v) is 13.4. The molecular weight excluding hydrogens is 304 g/mol. The van der Waals surface area contributed by atoms with Gasteiger partial charge in [0.25, 0.3) is 0 Å². The number of oxazole rings is 1. The summed E-state index contributed by atoms with van der Waals surface area (Å²) in [5.74, 6) is 0.0537. The van der Waals surface area contributed by atoms with Gasteiger partial charge < -0.3 is 9.52 Å². The van der Waals surface area contributed by atoms with E-state index >= 15 is 0 Å². The Morgan fingerprint density at radius 2 is 1.79 bits per heavy atom. The number of hydrogen-bond acceptors (Lipinski definition) is 5. The molecule has 0 aliphatic carbocycles. The number of Topliss-reactive ketones (excluding diaryl/α,β-unsaturated/α-hetero) is 1. The molecular formula is C19H16N2O3. The third kappa shape index (κ3) is 3.41. The van der Waals surface area contributed by atoms with Gasteiger partial charge in [-0.3, -0.25) is 9.79 Å². The predicted molar refractivity (Wildman–Crippen MR) is 92.0 cm³/mol. The number of aromatic hydroxyl groups is 1. The van der Waals surface area contributed by atoms with E-state index in [9.17, 15) is 9.90 Å². The van der Waals surface area contributed by atoms with Crippen LogP contribution in [0.25, 0.3) is 11.5 Å². The number of rotatable bonds is 4. The van der Waals surface area contributed by atoms with Crippen LogP contribution in [0.2, 0.25) is 0 Å². The van der Waals surface area contributed by atoms with Crippen LogP contribution in [0.1, 0.15) is 28.5 Å². The second-order valence-electron chi connectivity index (χ2n) is 5.44. The summed E-state index contributed by atoms with van der Waals surface area (Å²) >= 11 is 0. The molecule has 120 valence electrons. The highest BCUT2D eigenvalue weighted by Gasteiger charge is 2.12. The fourth-order valence-corrected chi connectivity index (χ4v) is 2.15. The van der Waals surface area contributed by atoms with Gasteiger partial charge in [0.1, 0.15) is 0 Å². The van der Waals surface area contributed by atoms with Gasteiger partial charge in [0, 0.05) is 11.1 Å². The third-order valence-corrected chi connectivity index (χ3v) is 3.54. The summed E-state index contributed by atoms with van der Waals surface area (Å²) in [7, 11) is 0. The van der Waals surface area contributed by atoms with Gasteiger partial charge in [-0.2, -0.15) is 0 Å². The maximum Gasteiger partial charge on any atom is 0.312 e. The van der Waals surface area contributed by atoms with Crippen molar-refractivity contribution in [2.45, 2.75) is 13.8 Å². The Balaban J connectivity index is 1.82. The van der Waals surface area contributed by atoms with Crippen LogP contribution in [0, 0.1) is 6.92 Å². The number of benzene rings is 2. The average molecular weight is 320 g/mol. The maximum absolute atomic E-state index is 11.2. The summed E-state index contributed by atoms with van der Waals surface area (Å²) in [6.45, 7) is 3.50. The van der Waals surface area contributed by atoms with Gasteiger partial charge in [-0.05, 0) is 50.2 Å². The topological polar surface area (TPSA) is 75.7 Å². The van der Waals surface area contributed by atoms with Crippen LogP contribution in [-0.4, -0.2) is 22.1 Å². The summed E-state index contributed by atoms with van der Waals surface area (Å²) in [6.07, 6.45) is 1.43. The van der Waals surface area contributed by atoms with Gasteiger partial charge in [-0.15, -0.1) is 0 Å². The minimum absolute atomic E-state index is 0.00224. The molecule has 0 spiro atoms. The van der Waals surface area contributed by atoms with Crippen molar-refractivity contribution in [1.29, 1.82) is 0 Å². The molecule has 3 rings (SSSR count). The first-order valence-corrected chi connectivity index (χ1v) is 7.45. The average Bonchev–Trinajstić information content (AvgIpc) is 2.95. The van der Waals surface area contributed by atoms with Crippen LogP contribution in [0.15, 0.2) is 57.9 Å². The SMILES string of the molecule is CC(=O)c1ccc(N=Cc2nc(-c3ccc(C)cc3)oc2O)cc1. The van der Waals surface area contributed by atoms with Crippen molar-refractivity contribution in [2.24, 2.45) is 4.99 Å². The molecule has 1 heterocycles. The molecule has 0 aliphatic rings. The number of nitrogens with zero attached hydrogens (tertiary/aromatic N) is 2. The van der Waals surface area contributed by atoms with Crippen LogP contribution < -0.4 is 0 Å². The van der Waals surface area contributed by atoms with Crippen LogP contribution in [-0.2, 0) is 0 Å². The van der Waals surface area contributed by atoms with E-state index in [1.165, 1.54) is 13.1 Å². The van der Waals surface area contributed by atoms with Gasteiger partial charge in [-0.1, -0.05) is 17.7 Å². The van der Waals surface area contributed by atoms with E-state index in [2.05, 4.69) is 9.98 Å². The Bertz CT molecular complexity index is 891. The molecule has 0 aliphatic heterocycles. The van der Waals surface area contributed by atoms with E-state index in [1.54, 1.807) is 24.3 Å². The van der Waals surface area contributed by atoms with Crippen molar-refractivity contribution >= 4 is 17.7 Å². The zero-order valence-electron chi connectivity index (χ0n) is 13.4. The second-order valence-corrected chi connectivity index (χ2v) is 5.44. The second kappa shape index (κ2) is 6.50. The standard InChI is InChI=1S/C19H16N2O3/c1-12-3-5-15(6-4-12)18-21-17(19(23)24-18)11-20-16-9-7-14(8-10-16)13(2)22/h3-11,23H,1-2H3. The molecule has 5 heteroatoms. The highest BCUT2D eigenvalue weighted by molar-refractivity contribution is 5.94. The fraction of sp³-hybridized carbons (Fsp3) is 0.105. The summed E-state index contributed by atoms with van der Waals surface area (Å²) in [4.78, 5) is 19.7.